The summed E-state index contributed by atoms with van der Waals surface area (Å²) in [6, 6.07) is -4.04. The van der Waals surface area contributed by atoms with Gasteiger partial charge in [0.2, 0.25) is 53.2 Å². The fraction of sp³-hybridized carbons (Fsp3) is 0.677. The molecule has 300 valence electrons. The summed E-state index contributed by atoms with van der Waals surface area (Å²) in [6.07, 6.45) is 2.26. The summed E-state index contributed by atoms with van der Waals surface area (Å²) < 4.78 is 0. The molecule has 22 nitrogen and oxygen atoms in total. The van der Waals surface area contributed by atoms with Gasteiger partial charge in [0.25, 0.3) is 0 Å². The highest BCUT2D eigenvalue weighted by atomic mass is 16.2. The third kappa shape index (κ3) is 23.5. The molecule has 0 fully saturated rings. The van der Waals surface area contributed by atoms with Gasteiger partial charge in [-0.1, -0.05) is 13.8 Å². The number of rotatable bonds is 26. The average Bonchev–Trinajstić information content (AvgIpc) is 3.07. The zero-order valence-electron chi connectivity index (χ0n) is 30.8. The van der Waals surface area contributed by atoms with E-state index in [2.05, 4.69) is 47.5 Å². The number of aliphatic imine (C=N–C) groups is 1. The zero-order valence-corrected chi connectivity index (χ0v) is 30.8. The maximum atomic E-state index is 12.8. The predicted molar refractivity (Wildman–Crippen MR) is 193 cm³/mol. The second-order valence-corrected chi connectivity index (χ2v) is 12.5. The molecule has 0 aromatic carbocycles. The van der Waals surface area contributed by atoms with Crippen LogP contribution < -0.4 is 65.5 Å². The highest BCUT2D eigenvalue weighted by Crippen LogP contribution is 2.05. The van der Waals surface area contributed by atoms with Gasteiger partial charge in [0.1, 0.15) is 24.2 Å². The molecule has 0 aliphatic rings. The Morgan fingerprint density at radius 2 is 1.06 bits per heavy atom. The van der Waals surface area contributed by atoms with Gasteiger partial charge in [-0.2, -0.15) is 0 Å². The minimum Gasteiger partial charge on any atom is -0.370 e. The first-order chi connectivity index (χ1) is 24.9. The molecule has 4 atom stereocenters. The molecule has 0 rings (SSSR count). The lowest BCUT2D eigenvalue weighted by molar-refractivity contribution is -0.132. The maximum absolute atomic E-state index is 12.8. The second-order valence-electron chi connectivity index (χ2n) is 12.5. The van der Waals surface area contributed by atoms with Crippen molar-refractivity contribution in [2.24, 2.45) is 33.8 Å². The molecule has 0 saturated heterocycles. The van der Waals surface area contributed by atoms with E-state index in [4.69, 9.17) is 22.9 Å². The van der Waals surface area contributed by atoms with Gasteiger partial charge in [0, 0.05) is 13.5 Å². The Balaban J connectivity index is 4.76. The van der Waals surface area contributed by atoms with Crippen LogP contribution in [0.25, 0.3) is 0 Å². The Bertz CT molecular complexity index is 1310. The number of carbonyl (C=O) groups is 9. The highest BCUT2D eigenvalue weighted by molar-refractivity contribution is 5.95. The van der Waals surface area contributed by atoms with Crippen LogP contribution >= 0.6 is 0 Å². The fourth-order valence-corrected chi connectivity index (χ4v) is 4.49. The van der Waals surface area contributed by atoms with Gasteiger partial charge >= 0.3 is 0 Å². The fourth-order valence-electron chi connectivity index (χ4n) is 4.49. The number of hydrogen-bond acceptors (Lipinski definition) is 11. The van der Waals surface area contributed by atoms with Crippen molar-refractivity contribution in [3.8, 4) is 0 Å². The van der Waals surface area contributed by atoms with E-state index in [1.165, 1.54) is 13.8 Å². The summed E-state index contributed by atoms with van der Waals surface area (Å²) in [5.74, 6) is -6.24. The van der Waals surface area contributed by atoms with Gasteiger partial charge < -0.3 is 65.5 Å². The van der Waals surface area contributed by atoms with Crippen molar-refractivity contribution in [1.82, 2.24) is 42.5 Å². The van der Waals surface area contributed by atoms with E-state index in [1.54, 1.807) is 0 Å². The maximum Gasteiger partial charge on any atom is 0.243 e. The summed E-state index contributed by atoms with van der Waals surface area (Å²) in [7, 11) is 0. The summed E-state index contributed by atoms with van der Waals surface area (Å²) in [5.41, 5.74) is 21.3. The van der Waals surface area contributed by atoms with Crippen molar-refractivity contribution in [2.75, 3.05) is 39.3 Å². The Labute approximate surface area is 308 Å². The number of carbonyl (C=O) groups excluding carboxylic acids is 9. The quantitative estimate of drug-likeness (QED) is 0.0223. The number of nitrogens with one attached hydrogen (secondary N) is 8. The number of nitrogens with zero attached hydrogens (tertiary/aromatic N) is 1. The Hall–Kier alpha value is -5.54. The number of amides is 9. The lowest BCUT2D eigenvalue weighted by Gasteiger charge is -2.21. The van der Waals surface area contributed by atoms with E-state index in [1.807, 2.05) is 13.8 Å². The SMILES string of the molecule is CC(=O)N[C@@H](CCCN=C(N)N)C(=O)NCC(=O)N[C@@H](C)C(=O)NCC(=O)NCC(=O)N[C@@H](CC(C)C)C(=O)NCC(=O)N[C@@H](CCCCN)C(N)=O. The molecule has 0 aromatic heterocycles. The van der Waals surface area contributed by atoms with E-state index < -0.39 is 104 Å². The molecular weight excluding hydrogens is 698 g/mol. The van der Waals surface area contributed by atoms with Gasteiger partial charge in [0.05, 0.1) is 26.2 Å². The van der Waals surface area contributed by atoms with E-state index >= 15 is 0 Å². The van der Waals surface area contributed by atoms with Crippen LogP contribution in [0.4, 0.5) is 0 Å². The van der Waals surface area contributed by atoms with Crippen LogP contribution in [0.1, 0.15) is 66.2 Å². The topological polar surface area (TPSA) is 366 Å². The summed E-state index contributed by atoms with van der Waals surface area (Å²) in [4.78, 5) is 114. The molecule has 53 heavy (non-hydrogen) atoms. The predicted octanol–water partition coefficient (Wildman–Crippen LogP) is -5.86. The van der Waals surface area contributed by atoms with Gasteiger partial charge in [-0.25, -0.2) is 0 Å². The molecule has 0 aliphatic heterocycles. The van der Waals surface area contributed by atoms with Gasteiger partial charge in [-0.3, -0.25) is 48.1 Å². The van der Waals surface area contributed by atoms with Crippen molar-refractivity contribution in [2.45, 2.75) is 90.4 Å². The lowest BCUT2D eigenvalue weighted by Crippen LogP contribution is -2.53. The molecule has 0 spiro atoms. The van der Waals surface area contributed by atoms with E-state index in [-0.39, 0.29) is 31.3 Å². The van der Waals surface area contributed by atoms with E-state index in [0.29, 0.717) is 32.2 Å². The first-order valence-electron chi connectivity index (χ1n) is 17.2. The number of hydrogen-bond donors (Lipinski definition) is 12. The van der Waals surface area contributed by atoms with E-state index in [0.717, 1.165) is 0 Å². The largest absolute Gasteiger partial charge is 0.370 e. The van der Waals surface area contributed by atoms with Crippen LogP contribution in [0.15, 0.2) is 4.99 Å². The molecule has 0 unspecified atom stereocenters. The van der Waals surface area contributed by atoms with Crippen LogP contribution in [0.3, 0.4) is 0 Å². The third-order valence-corrected chi connectivity index (χ3v) is 7.11. The average molecular weight is 756 g/mol. The van der Waals surface area contributed by atoms with Crippen LogP contribution in [-0.4, -0.2) is 123 Å². The minimum atomic E-state index is -1.11. The smallest absolute Gasteiger partial charge is 0.243 e. The van der Waals surface area contributed by atoms with Crippen molar-refractivity contribution < 1.29 is 43.2 Å². The molecule has 0 heterocycles. The summed E-state index contributed by atoms with van der Waals surface area (Å²) in [5, 5.41) is 19.2. The highest BCUT2D eigenvalue weighted by Gasteiger charge is 2.25. The molecule has 0 bridgehead atoms. The minimum absolute atomic E-state index is 0.0428. The number of primary amides is 1. The second kappa shape index (κ2) is 26.3. The van der Waals surface area contributed by atoms with Crippen LogP contribution in [-0.2, 0) is 43.2 Å². The third-order valence-electron chi connectivity index (χ3n) is 7.11. The standard InChI is InChI=1S/C31H57N13O9/c1-17(2)12-22(30(53)40-16-26(49)43-20(27(33)50)8-5-6-10-32)44-25(48)14-37-23(46)13-38-28(51)18(3)41-24(47)15-39-29(52)21(42-19(4)45)9-7-11-36-31(34)35/h17-18,20-22H,5-16,32H2,1-4H3,(H2,33,50)(H,37,46)(H,38,51)(H,39,52)(H,40,53)(H,41,47)(H,42,45)(H,43,49)(H,44,48)(H4,34,35,36)/t18-,20-,21-,22-/m0/s1. The van der Waals surface area contributed by atoms with Gasteiger partial charge in [0.15, 0.2) is 5.96 Å². The molecule has 16 N–H and O–H groups in total. The van der Waals surface area contributed by atoms with Crippen LogP contribution in [0.2, 0.25) is 0 Å². The first kappa shape index (κ1) is 47.5. The van der Waals surface area contributed by atoms with Gasteiger partial charge in [-0.05, 0) is 57.9 Å². The molecule has 0 aromatic rings. The number of guanidine groups is 1. The van der Waals surface area contributed by atoms with Gasteiger partial charge in [-0.15, -0.1) is 0 Å². The van der Waals surface area contributed by atoms with Crippen molar-refractivity contribution in [3.05, 3.63) is 0 Å². The van der Waals surface area contributed by atoms with E-state index in [9.17, 15) is 43.2 Å². The lowest BCUT2D eigenvalue weighted by atomic mass is 10.0. The van der Waals surface area contributed by atoms with Crippen molar-refractivity contribution in [3.63, 3.8) is 0 Å². The molecule has 0 radical (unpaired) electrons. The van der Waals surface area contributed by atoms with Crippen LogP contribution in [0, 0.1) is 5.92 Å². The normalized spacial score (nSPS) is 12.8. The van der Waals surface area contributed by atoms with Crippen molar-refractivity contribution in [1.29, 1.82) is 0 Å². The molecule has 0 aliphatic carbocycles. The zero-order chi connectivity index (χ0) is 40.5. The van der Waals surface area contributed by atoms with Crippen molar-refractivity contribution >= 4 is 59.1 Å². The Morgan fingerprint density at radius 1 is 0.566 bits per heavy atom. The monoisotopic (exact) mass is 755 g/mol. The Morgan fingerprint density at radius 3 is 1.58 bits per heavy atom. The molecule has 0 saturated carbocycles. The molecule has 9 amide bonds. The first-order valence-corrected chi connectivity index (χ1v) is 17.2. The number of nitrogens with two attached hydrogens (primary N) is 4. The number of unbranched alkanes of at least 4 members (excludes halogenated alkanes) is 1. The summed E-state index contributed by atoms with van der Waals surface area (Å²) in [6.45, 7) is 4.76. The van der Waals surface area contributed by atoms with Crippen LogP contribution in [0.5, 0.6) is 0 Å². The summed E-state index contributed by atoms with van der Waals surface area (Å²) >= 11 is 0. The molecule has 22 heteroatoms. The molecular formula is C31H57N13O9. The Kier molecular flexibility index (Phi) is 23.5.